The molecule has 0 fully saturated rings. The highest BCUT2D eigenvalue weighted by Crippen LogP contribution is 2.35. The van der Waals surface area contributed by atoms with Gasteiger partial charge in [0.15, 0.2) is 0 Å². The molecule has 6 nitrogen and oxygen atoms in total. The van der Waals surface area contributed by atoms with Crippen LogP contribution in [0.3, 0.4) is 0 Å². The summed E-state index contributed by atoms with van der Waals surface area (Å²) in [5.41, 5.74) is 5.33. The lowest BCUT2D eigenvalue weighted by atomic mass is 9.98. The minimum atomic E-state index is 0.431. The Morgan fingerprint density at radius 3 is 2.37 bits per heavy atom. The average molecular weight is 391 g/mol. The van der Waals surface area contributed by atoms with E-state index < -0.39 is 0 Å². The monoisotopic (exact) mass is 391 g/mol. The molecule has 0 radical (unpaired) electrons. The maximum atomic E-state index is 5.68. The van der Waals surface area contributed by atoms with E-state index in [1.54, 1.807) is 6.20 Å². The molecule has 5 rings (SSSR count). The Kier molecular flexibility index (Phi) is 4.72. The molecule has 0 saturated heterocycles. The first-order chi connectivity index (χ1) is 14.9. The zero-order chi connectivity index (χ0) is 20.2. The fourth-order valence-corrected chi connectivity index (χ4v) is 3.27. The summed E-state index contributed by atoms with van der Waals surface area (Å²) in [6.07, 6.45) is 5.78. The molecule has 6 heteroatoms. The first kappa shape index (κ1) is 17.8. The van der Waals surface area contributed by atoms with Gasteiger partial charge in [-0.05, 0) is 11.1 Å². The van der Waals surface area contributed by atoms with Gasteiger partial charge in [0.2, 0.25) is 5.82 Å². The number of rotatable bonds is 5. The lowest BCUT2D eigenvalue weighted by molar-refractivity contribution is 0.432. The van der Waals surface area contributed by atoms with Gasteiger partial charge in [-0.2, -0.15) is 20.4 Å². The van der Waals surface area contributed by atoms with Crippen LogP contribution < -0.4 is 0 Å². The molecule has 0 aliphatic carbocycles. The van der Waals surface area contributed by atoms with Crippen LogP contribution in [0, 0.1) is 0 Å². The van der Waals surface area contributed by atoms with Crippen molar-refractivity contribution in [2.24, 2.45) is 0 Å². The van der Waals surface area contributed by atoms with Crippen molar-refractivity contribution in [2.45, 2.75) is 0 Å². The third kappa shape index (κ3) is 3.54. The fourth-order valence-electron chi connectivity index (χ4n) is 3.27. The van der Waals surface area contributed by atoms with E-state index in [1.165, 1.54) is 0 Å². The molecule has 1 N–H and O–H groups in total. The summed E-state index contributed by atoms with van der Waals surface area (Å²) < 4.78 is 5.68. The van der Waals surface area contributed by atoms with Gasteiger partial charge in [0, 0.05) is 11.1 Å². The number of hydrogen-bond acceptors (Lipinski definition) is 5. The molecule has 0 aliphatic rings. The largest absolute Gasteiger partial charge is 0.334 e. The van der Waals surface area contributed by atoms with E-state index in [2.05, 4.69) is 43.8 Å². The maximum absolute atomic E-state index is 5.68. The van der Waals surface area contributed by atoms with E-state index in [0.29, 0.717) is 17.4 Å². The summed E-state index contributed by atoms with van der Waals surface area (Å²) in [5.74, 6) is 0.971. The van der Waals surface area contributed by atoms with Crippen molar-refractivity contribution in [1.29, 1.82) is 0 Å². The Morgan fingerprint density at radius 2 is 1.60 bits per heavy atom. The Labute approximate surface area is 172 Å². The number of aromatic nitrogens is 5. The third-order valence-corrected chi connectivity index (χ3v) is 4.71. The van der Waals surface area contributed by atoms with Gasteiger partial charge >= 0.3 is 0 Å². The number of benzene rings is 3. The highest BCUT2D eigenvalue weighted by Gasteiger charge is 2.19. The highest BCUT2D eigenvalue weighted by molar-refractivity contribution is 5.88. The molecule has 2 aromatic heterocycles. The summed E-state index contributed by atoms with van der Waals surface area (Å²) >= 11 is 0. The second kappa shape index (κ2) is 7.97. The summed E-state index contributed by atoms with van der Waals surface area (Å²) in [7, 11) is 0. The second-order valence-corrected chi connectivity index (χ2v) is 6.66. The van der Waals surface area contributed by atoms with Crippen LogP contribution in [0.4, 0.5) is 0 Å². The topological polar surface area (TPSA) is 80.5 Å². The minimum absolute atomic E-state index is 0.431. The fraction of sp³-hybridized carbons (Fsp3) is 0. The van der Waals surface area contributed by atoms with Gasteiger partial charge in [0.05, 0.1) is 11.8 Å². The molecular weight excluding hydrogens is 374 g/mol. The van der Waals surface area contributed by atoms with Gasteiger partial charge in [-0.15, -0.1) is 0 Å². The van der Waals surface area contributed by atoms with Crippen molar-refractivity contribution in [3.63, 3.8) is 0 Å². The predicted octanol–water partition coefficient (Wildman–Crippen LogP) is 5.36. The van der Waals surface area contributed by atoms with Gasteiger partial charge in [-0.25, -0.2) is 0 Å². The molecular formula is C24H17N5O. The molecule has 0 bridgehead atoms. The lowest BCUT2D eigenvalue weighted by Crippen LogP contribution is -1.90. The average Bonchev–Trinajstić information content (AvgIpc) is 3.51. The van der Waals surface area contributed by atoms with Gasteiger partial charge in [0.25, 0.3) is 5.89 Å². The SMILES string of the molecule is C(=Cc1cccc(-c2cn[nH]n2)c1-c1nc(-c2ccccc2)no1)c1ccccc1. The van der Waals surface area contributed by atoms with Crippen molar-refractivity contribution in [3.05, 3.63) is 96.2 Å². The van der Waals surface area contributed by atoms with Crippen LogP contribution in [0.25, 0.3) is 46.3 Å². The quantitative estimate of drug-likeness (QED) is 0.408. The molecule has 0 saturated carbocycles. The molecule has 30 heavy (non-hydrogen) atoms. The van der Waals surface area contributed by atoms with Gasteiger partial charge in [0.1, 0.15) is 5.69 Å². The van der Waals surface area contributed by atoms with Crippen molar-refractivity contribution in [3.8, 4) is 34.1 Å². The van der Waals surface area contributed by atoms with Crippen molar-refractivity contribution >= 4 is 12.2 Å². The Balaban J connectivity index is 1.64. The Hall–Kier alpha value is -4.32. The number of H-pyrrole nitrogens is 1. The Bertz CT molecular complexity index is 1280. The van der Waals surface area contributed by atoms with E-state index in [0.717, 1.165) is 27.8 Å². The predicted molar refractivity (Wildman–Crippen MR) is 116 cm³/mol. The zero-order valence-corrected chi connectivity index (χ0v) is 15.9. The van der Waals surface area contributed by atoms with Gasteiger partial charge in [-0.1, -0.05) is 96.2 Å². The standard InChI is InChI=1S/C24H17N5O/c1-3-8-17(9-4-1)14-15-18-12-7-13-20(21-16-25-29-27-21)22(18)24-26-23(28-30-24)19-10-5-2-6-11-19/h1-16H,(H,25,27,29). The van der Waals surface area contributed by atoms with Gasteiger partial charge in [-0.3, -0.25) is 0 Å². The van der Waals surface area contributed by atoms with Gasteiger partial charge < -0.3 is 4.52 Å². The first-order valence-corrected chi connectivity index (χ1v) is 9.50. The normalized spacial score (nSPS) is 11.2. The number of aromatic amines is 1. The lowest BCUT2D eigenvalue weighted by Gasteiger charge is -2.07. The number of hydrogen-bond donors (Lipinski definition) is 1. The maximum Gasteiger partial charge on any atom is 0.259 e. The molecule has 0 amide bonds. The van der Waals surface area contributed by atoms with Crippen LogP contribution in [0.2, 0.25) is 0 Å². The van der Waals surface area contributed by atoms with Crippen LogP contribution >= 0.6 is 0 Å². The minimum Gasteiger partial charge on any atom is -0.334 e. The molecule has 0 unspecified atom stereocenters. The van der Waals surface area contributed by atoms with Crippen LogP contribution in [0.5, 0.6) is 0 Å². The summed E-state index contributed by atoms with van der Waals surface area (Å²) in [6.45, 7) is 0. The molecule has 0 spiro atoms. The van der Waals surface area contributed by atoms with Crippen molar-refractivity contribution in [2.75, 3.05) is 0 Å². The van der Waals surface area contributed by atoms with Crippen LogP contribution in [-0.4, -0.2) is 25.6 Å². The number of nitrogens with zero attached hydrogens (tertiary/aromatic N) is 4. The van der Waals surface area contributed by atoms with Crippen molar-refractivity contribution < 1.29 is 4.52 Å². The van der Waals surface area contributed by atoms with Crippen LogP contribution in [0.15, 0.2) is 89.6 Å². The molecule has 3 aromatic carbocycles. The van der Waals surface area contributed by atoms with E-state index in [-0.39, 0.29) is 0 Å². The summed E-state index contributed by atoms with van der Waals surface area (Å²) in [5, 5.41) is 15.1. The van der Waals surface area contributed by atoms with Crippen LogP contribution in [0.1, 0.15) is 11.1 Å². The highest BCUT2D eigenvalue weighted by atomic mass is 16.5. The number of nitrogens with one attached hydrogen (secondary N) is 1. The first-order valence-electron chi connectivity index (χ1n) is 9.50. The molecule has 2 heterocycles. The van der Waals surface area contributed by atoms with E-state index >= 15 is 0 Å². The van der Waals surface area contributed by atoms with E-state index in [4.69, 9.17) is 4.52 Å². The van der Waals surface area contributed by atoms with Crippen LogP contribution in [-0.2, 0) is 0 Å². The van der Waals surface area contributed by atoms with E-state index in [9.17, 15) is 0 Å². The molecule has 0 atom stereocenters. The zero-order valence-electron chi connectivity index (χ0n) is 15.9. The molecule has 0 aliphatic heterocycles. The second-order valence-electron chi connectivity index (χ2n) is 6.66. The molecule has 5 aromatic rings. The van der Waals surface area contributed by atoms with E-state index in [1.807, 2.05) is 72.8 Å². The Morgan fingerprint density at radius 1 is 0.800 bits per heavy atom. The summed E-state index contributed by atoms with van der Waals surface area (Å²) in [6, 6.07) is 25.8. The molecule has 144 valence electrons. The van der Waals surface area contributed by atoms with Crippen molar-refractivity contribution in [1.82, 2.24) is 25.6 Å². The third-order valence-electron chi connectivity index (χ3n) is 4.71. The smallest absolute Gasteiger partial charge is 0.259 e. The summed E-state index contributed by atoms with van der Waals surface area (Å²) in [4.78, 5) is 4.67.